The number of halogens is 3. The number of thiophene rings is 1. The van der Waals surface area contributed by atoms with Crippen LogP contribution in [-0.4, -0.2) is 21.5 Å². The van der Waals surface area contributed by atoms with E-state index in [1.54, 1.807) is 11.4 Å². The van der Waals surface area contributed by atoms with Gasteiger partial charge >= 0.3 is 6.18 Å². The molecule has 0 saturated carbocycles. The molecule has 0 aliphatic rings. The minimum Gasteiger partial charge on any atom is -0.384 e. The van der Waals surface area contributed by atoms with E-state index in [2.05, 4.69) is 16.9 Å². The fraction of sp³-hybridized carbons (Fsp3) is 0.250. The average Bonchev–Trinajstić information content (AvgIpc) is 2.95. The first-order valence-corrected chi connectivity index (χ1v) is 6.14. The van der Waals surface area contributed by atoms with E-state index in [9.17, 15) is 13.2 Å². The molecule has 0 saturated heterocycles. The molecule has 0 radical (unpaired) electrons. The van der Waals surface area contributed by atoms with E-state index in [-0.39, 0.29) is 13.2 Å². The Hall–Kier alpha value is -1.78. The van der Waals surface area contributed by atoms with Gasteiger partial charge in [0.2, 0.25) is 0 Å². The van der Waals surface area contributed by atoms with Gasteiger partial charge in [0.1, 0.15) is 6.61 Å². The van der Waals surface area contributed by atoms with E-state index in [0.717, 1.165) is 22.8 Å². The van der Waals surface area contributed by atoms with Crippen LogP contribution >= 0.6 is 11.3 Å². The van der Waals surface area contributed by atoms with Crippen molar-refractivity contribution in [3.8, 4) is 11.8 Å². The van der Waals surface area contributed by atoms with Crippen molar-refractivity contribution in [3.63, 3.8) is 0 Å². The Morgan fingerprint density at radius 1 is 1.42 bits per heavy atom. The van der Waals surface area contributed by atoms with Gasteiger partial charge < -0.3 is 5.11 Å². The van der Waals surface area contributed by atoms with Crippen LogP contribution in [0.15, 0.2) is 23.8 Å². The molecular formula is C12H9F3N2OS. The van der Waals surface area contributed by atoms with Gasteiger partial charge in [0.15, 0.2) is 0 Å². The molecule has 2 rings (SSSR count). The van der Waals surface area contributed by atoms with Crippen molar-refractivity contribution in [2.75, 3.05) is 6.61 Å². The van der Waals surface area contributed by atoms with Crippen LogP contribution in [-0.2, 0) is 12.7 Å². The predicted octanol–water partition coefficient (Wildman–Crippen LogP) is 2.36. The first-order chi connectivity index (χ1) is 8.99. The fourth-order valence-corrected chi connectivity index (χ4v) is 2.23. The molecule has 2 aromatic rings. The van der Waals surface area contributed by atoms with Crippen LogP contribution in [0.1, 0.15) is 16.0 Å². The molecule has 19 heavy (non-hydrogen) atoms. The number of hydrogen-bond acceptors (Lipinski definition) is 3. The van der Waals surface area contributed by atoms with Crippen molar-refractivity contribution in [2.45, 2.75) is 12.7 Å². The molecule has 0 amide bonds. The van der Waals surface area contributed by atoms with Crippen LogP contribution in [0.4, 0.5) is 13.2 Å². The smallest absolute Gasteiger partial charge is 0.384 e. The Bertz CT molecular complexity index is 619. The summed E-state index contributed by atoms with van der Waals surface area (Å²) in [5, 5.41) is 14.0. The molecule has 0 aromatic carbocycles. The van der Waals surface area contributed by atoms with Gasteiger partial charge in [-0.2, -0.15) is 18.3 Å². The second kappa shape index (κ2) is 5.47. The van der Waals surface area contributed by atoms with Crippen molar-refractivity contribution in [1.29, 1.82) is 0 Å². The average molecular weight is 286 g/mol. The molecule has 7 heteroatoms. The zero-order chi connectivity index (χ0) is 13.9. The molecule has 3 nitrogen and oxygen atoms in total. The first-order valence-electron chi connectivity index (χ1n) is 5.26. The Morgan fingerprint density at radius 3 is 2.84 bits per heavy atom. The molecular weight excluding hydrogens is 277 g/mol. The molecule has 2 heterocycles. The van der Waals surface area contributed by atoms with Crippen LogP contribution in [0.5, 0.6) is 0 Å². The first kappa shape index (κ1) is 13.6. The number of nitrogens with zero attached hydrogens (tertiary/aromatic N) is 2. The van der Waals surface area contributed by atoms with Gasteiger partial charge in [-0.25, -0.2) is 0 Å². The van der Waals surface area contributed by atoms with Crippen molar-refractivity contribution in [3.05, 3.63) is 39.8 Å². The zero-order valence-corrected chi connectivity index (χ0v) is 10.4. The quantitative estimate of drug-likeness (QED) is 0.861. The van der Waals surface area contributed by atoms with Gasteiger partial charge in [-0.1, -0.05) is 11.8 Å². The maximum Gasteiger partial charge on any atom is 0.419 e. The lowest BCUT2D eigenvalue weighted by Gasteiger charge is -2.01. The summed E-state index contributed by atoms with van der Waals surface area (Å²) in [6.07, 6.45) is -2.59. The zero-order valence-electron chi connectivity index (χ0n) is 9.61. The van der Waals surface area contributed by atoms with Crippen LogP contribution in [0.25, 0.3) is 0 Å². The molecule has 0 unspecified atom stereocenters. The molecule has 2 aromatic heterocycles. The highest BCUT2D eigenvalue weighted by Crippen LogP contribution is 2.28. The van der Waals surface area contributed by atoms with E-state index < -0.39 is 11.7 Å². The summed E-state index contributed by atoms with van der Waals surface area (Å²) in [5.74, 6) is 5.24. The van der Waals surface area contributed by atoms with Gasteiger partial charge in [0.25, 0.3) is 0 Å². The maximum absolute atomic E-state index is 12.4. The van der Waals surface area contributed by atoms with Crippen molar-refractivity contribution in [1.82, 2.24) is 9.78 Å². The lowest BCUT2D eigenvalue weighted by atomic mass is 10.3. The molecule has 0 spiro atoms. The highest BCUT2D eigenvalue weighted by Gasteiger charge is 2.32. The summed E-state index contributed by atoms with van der Waals surface area (Å²) in [5.41, 5.74) is -0.0263. The molecule has 0 bridgehead atoms. The third-order valence-electron chi connectivity index (χ3n) is 2.24. The summed E-state index contributed by atoms with van der Waals surface area (Å²) < 4.78 is 38.4. The summed E-state index contributed by atoms with van der Waals surface area (Å²) in [7, 11) is 0. The van der Waals surface area contributed by atoms with Crippen LogP contribution < -0.4 is 0 Å². The number of aliphatic hydroxyl groups is 1. The summed E-state index contributed by atoms with van der Waals surface area (Å²) in [6.45, 7) is 0.0425. The predicted molar refractivity (Wildman–Crippen MR) is 64.6 cm³/mol. The molecule has 1 N–H and O–H groups in total. The van der Waals surface area contributed by atoms with Crippen molar-refractivity contribution >= 4 is 11.3 Å². The van der Waals surface area contributed by atoms with E-state index >= 15 is 0 Å². The monoisotopic (exact) mass is 286 g/mol. The summed E-state index contributed by atoms with van der Waals surface area (Å²) in [6, 6.07) is 1.77. The van der Waals surface area contributed by atoms with E-state index in [0.29, 0.717) is 0 Å². The fourth-order valence-electron chi connectivity index (χ4n) is 1.43. The number of alkyl halides is 3. The maximum atomic E-state index is 12.4. The highest BCUT2D eigenvalue weighted by molar-refractivity contribution is 7.10. The van der Waals surface area contributed by atoms with Crippen LogP contribution in [0.3, 0.4) is 0 Å². The SMILES string of the molecule is OCC#Cc1csc(Cn2cc(C(F)(F)F)cn2)c1. The van der Waals surface area contributed by atoms with E-state index in [1.165, 1.54) is 16.0 Å². The van der Waals surface area contributed by atoms with Gasteiger partial charge in [-0.05, 0) is 6.07 Å². The minimum atomic E-state index is -4.37. The third-order valence-corrected chi connectivity index (χ3v) is 3.17. The second-order valence-electron chi connectivity index (χ2n) is 3.69. The van der Waals surface area contributed by atoms with Gasteiger partial charge in [-0.15, -0.1) is 11.3 Å². The number of rotatable bonds is 2. The minimum absolute atomic E-state index is 0.223. The third kappa shape index (κ3) is 3.59. The summed E-state index contributed by atoms with van der Waals surface area (Å²) >= 11 is 1.39. The van der Waals surface area contributed by atoms with Gasteiger partial charge in [-0.3, -0.25) is 4.68 Å². The van der Waals surface area contributed by atoms with Crippen molar-refractivity contribution in [2.24, 2.45) is 0 Å². The van der Waals surface area contributed by atoms with Gasteiger partial charge in [0, 0.05) is 22.0 Å². The lowest BCUT2D eigenvalue weighted by Crippen LogP contribution is -2.03. The Morgan fingerprint density at radius 2 is 2.21 bits per heavy atom. The molecule has 0 fully saturated rings. The number of aromatic nitrogens is 2. The Balaban J connectivity index is 2.09. The number of aliphatic hydroxyl groups excluding tert-OH is 1. The molecule has 0 aliphatic heterocycles. The topological polar surface area (TPSA) is 38.0 Å². The standard InChI is InChI=1S/C12H9F3N2OS/c13-12(14,15)10-5-16-17(6-10)7-11-4-9(8-19-11)2-1-3-18/h4-6,8,18H,3,7H2. The Kier molecular flexibility index (Phi) is 3.93. The molecule has 0 atom stereocenters. The van der Waals surface area contributed by atoms with E-state index in [4.69, 9.17) is 5.11 Å². The van der Waals surface area contributed by atoms with E-state index in [1.807, 2.05) is 0 Å². The van der Waals surface area contributed by atoms with Crippen LogP contribution in [0, 0.1) is 11.8 Å². The molecule has 0 aliphatic carbocycles. The lowest BCUT2D eigenvalue weighted by molar-refractivity contribution is -0.137. The normalized spacial score (nSPS) is 11.2. The Labute approximate surface area is 111 Å². The molecule has 100 valence electrons. The van der Waals surface area contributed by atoms with Gasteiger partial charge in [0.05, 0.1) is 18.3 Å². The highest BCUT2D eigenvalue weighted by atomic mass is 32.1. The van der Waals surface area contributed by atoms with Crippen molar-refractivity contribution < 1.29 is 18.3 Å². The van der Waals surface area contributed by atoms with Crippen LogP contribution in [0.2, 0.25) is 0 Å². The largest absolute Gasteiger partial charge is 0.419 e. The summed E-state index contributed by atoms with van der Waals surface area (Å²) in [4.78, 5) is 0.846. The second-order valence-corrected chi connectivity index (χ2v) is 4.68. The number of hydrogen-bond donors (Lipinski definition) is 1.